The van der Waals surface area contributed by atoms with E-state index in [9.17, 15) is 13.2 Å². The van der Waals surface area contributed by atoms with Crippen LogP contribution in [0.25, 0.3) is 0 Å². The average molecular weight is 601 g/mol. The monoisotopic (exact) mass is 600 g/mol. The van der Waals surface area contributed by atoms with E-state index in [1.165, 1.54) is 0 Å². The standard InChI is InChI=1S/C26H33IO6S/c1-4-31-15-16-32-23-12-8-11-22(18-23)27(21-9-6-5-7-10-21)33-34(29,30)19-26-14-13-20(17-24(26)28)25(26,2)3/h5-12,18,20H,4,13-17,19H2,1-3H3. The van der Waals surface area contributed by atoms with E-state index >= 15 is 0 Å². The van der Waals surface area contributed by atoms with Crippen LogP contribution in [0, 0.1) is 23.9 Å². The Bertz CT molecular complexity index is 1120. The number of halogens is 1. The molecule has 2 unspecified atom stereocenters. The minimum absolute atomic E-state index is 0.0747. The van der Waals surface area contributed by atoms with Crippen molar-refractivity contribution in [1.29, 1.82) is 0 Å². The molecule has 0 heterocycles. The number of hydrogen-bond acceptors (Lipinski definition) is 6. The fraction of sp³-hybridized carbons (Fsp3) is 0.500. The van der Waals surface area contributed by atoms with Gasteiger partial charge in [0.05, 0.1) is 0 Å². The summed E-state index contributed by atoms with van der Waals surface area (Å²) < 4.78 is 45.9. The SMILES string of the molecule is CCOCCOc1cccc(I(OS(=O)(=O)CC23CCC(CC2=O)C3(C)C)c2ccccc2)c1. The molecule has 2 aromatic rings. The molecule has 4 rings (SSSR count). The van der Waals surface area contributed by atoms with Crippen LogP contribution in [0.4, 0.5) is 0 Å². The van der Waals surface area contributed by atoms with Gasteiger partial charge in [0.2, 0.25) is 0 Å². The number of carbonyl (C=O) groups is 1. The fourth-order valence-corrected chi connectivity index (χ4v) is 13.1. The third kappa shape index (κ3) is 5.05. The summed E-state index contributed by atoms with van der Waals surface area (Å²) in [5.74, 6) is 0.740. The Labute approximate surface area is 210 Å². The topological polar surface area (TPSA) is 78.9 Å². The van der Waals surface area contributed by atoms with Gasteiger partial charge in [0, 0.05) is 0 Å². The van der Waals surface area contributed by atoms with Crippen LogP contribution in [0.15, 0.2) is 54.6 Å². The molecule has 2 saturated carbocycles. The van der Waals surface area contributed by atoms with E-state index in [0.29, 0.717) is 38.4 Å². The van der Waals surface area contributed by atoms with Crippen molar-refractivity contribution in [2.24, 2.45) is 16.7 Å². The Balaban J connectivity index is 1.60. The molecule has 0 radical (unpaired) electrons. The van der Waals surface area contributed by atoms with E-state index in [0.717, 1.165) is 13.6 Å². The van der Waals surface area contributed by atoms with E-state index in [1.54, 1.807) is 0 Å². The zero-order chi connectivity index (χ0) is 24.4. The molecule has 2 atom stereocenters. The number of carbonyl (C=O) groups excluding carboxylic acids is 1. The number of hydrogen-bond donors (Lipinski definition) is 0. The van der Waals surface area contributed by atoms with Crippen molar-refractivity contribution in [2.45, 2.75) is 40.0 Å². The Morgan fingerprint density at radius 3 is 2.41 bits per heavy atom. The van der Waals surface area contributed by atoms with Gasteiger partial charge >= 0.3 is 211 Å². The molecule has 34 heavy (non-hydrogen) atoms. The van der Waals surface area contributed by atoms with Gasteiger partial charge in [0.1, 0.15) is 0 Å². The van der Waals surface area contributed by atoms with Crippen molar-refractivity contribution in [3.63, 3.8) is 0 Å². The molecule has 6 nitrogen and oxygen atoms in total. The molecular weight excluding hydrogens is 567 g/mol. The molecule has 0 N–H and O–H groups in total. The van der Waals surface area contributed by atoms with Gasteiger partial charge in [-0.25, -0.2) is 0 Å². The molecule has 0 aliphatic heterocycles. The van der Waals surface area contributed by atoms with E-state index in [-0.39, 0.29) is 22.9 Å². The van der Waals surface area contributed by atoms with Gasteiger partial charge in [-0.3, -0.25) is 0 Å². The Morgan fingerprint density at radius 1 is 1.03 bits per heavy atom. The van der Waals surface area contributed by atoms with Crippen LogP contribution in [-0.2, 0) is 22.2 Å². The number of ketones is 1. The zero-order valence-corrected chi connectivity index (χ0v) is 22.9. The second-order valence-electron chi connectivity index (χ2n) is 9.48. The van der Waals surface area contributed by atoms with Gasteiger partial charge in [0.15, 0.2) is 0 Å². The molecule has 0 saturated heterocycles. The van der Waals surface area contributed by atoms with Crippen LogP contribution in [0.2, 0.25) is 0 Å². The third-order valence-corrected chi connectivity index (χ3v) is 14.9. The molecule has 2 aliphatic carbocycles. The van der Waals surface area contributed by atoms with E-state index in [4.69, 9.17) is 12.0 Å². The maximum absolute atomic E-state index is 13.5. The maximum atomic E-state index is 13.5. The second kappa shape index (κ2) is 10.2. The summed E-state index contributed by atoms with van der Waals surface area (Å²) in [4.78, 5) is 12.9. The summed E-state index contributed by atoms with van der Waals surface area (Å²) in [7, 11) is -3.96. The molecule has 2 fully saturated rings. The summed E-state index contributed by atoms with van der Waals surface area (Å²) in [5, 5.41) is 0. The molecule has 0 amide bonds. The van der Waals surface area contributed by atoms with Crippen LogP contribution in [0.1, 0.15) is 40.0 Å². The van der Waals surface area contributed by atoms with Crippen LogP contribution >= 0.6 is 20.2 Å². The van der Waals surface area contributed by atoms with Gasteiger partial charge < -0.3 is 0 Å². The molecule has 0 aromatic heterocycles. The number of benzene rings is 2. The van der Waals surface area contributed by atoms with Gasteiger partial charge in [0.25, 0.3) is 0 Å². The van der Waals surface area contributed by atoms with Crippen LogP contribution in [0.3, 0.4) is 0 Å². The Kier molecular flexibility index (Phi) is 7.71. The number of fused-ring (bicyclic) bond motifs is 2. The Morgan fingerprint density at radius 2 is 1.76 bits per heavy atom. The fourth-order valence-electron chi connectivity index (χ4n) is 5.28. The van der Waals surface area contributed by atoms with Gasteiger partial charge in [-0.2, -0.15) is 0 Å². The number of ether oxygens (including phenoxy) is 2. The summed E-state index contributed by atoms with van der Waals surface area (Å²) in [6.07, 6.45) is 2.00. The van der Waals surface area contributed by atoms with Gasteiger partial charge in [-0.05, 0) is 0 Å². The first-order chi connectivity index (χ1) is 16.2. The van der Waals surface area contributed by atoms with Crippen molar-refractivity contribution in [1.82, 2.24) is 0 Å². The number of rotatable bonds is 11. The summed E-state index contributed by atoms with van der Waals surface area (Å²) in [6.45, 7) is 7.54. The zero-order valence-electron chi connectivity index (χ0n) is 20.0. The summed E-state index contributed by atoms with van der Waals surface area (Å²) >= 11 is -2.84. The van der Waals surface area contributed by atoms with Crippen molar-refractivity contribution in [2.75, 3.05) is 25.6 Å². The quantitative estimate of drug-likeness (QED) is 0.257. The van der Waals surface area contributed by atoms with Crippen molar-refractivity contribution >= 4 is 36.1 Å². The molecule has 2 aliphatic rings. The first-order valence-electron chi connectivity index (χ1n) is 11.7. The molecule has 2 aromatic carbocycles. The van der Waals surface area contributed by atoms with Crippen LogP contribution < -0.4 is 4.74 Å². The molecule has 2 bridgehead atoms. The molecular formula is C26H33IO6S. The third-order valence-electron chi connectivity index (χ3n) is 7.35. The van der Waals surface area contributed by atoms with E-state index in [2.05, 4.69) is 0 Å². The summed E-state index contributed by atoms with van der Waals surface area (Å²) in [5.41, 5.74) is -1.18. The predicted molar refractivity (Wildman–Crippen MR) is 140 cm³/mol. The minimum atomic E-state index is -3.96. The van der Waals surface area contributed by atoms with Gasteiger partial charge in [-0.15, -0.1) is 0 Å². The Hall–Kier alpha value is -1.49. The van der Waals surface area contributed by atoms with Crippen LogP contribution in [-0.4, -0.2) is 39.8 Å². The molecule has 186 valence electrons. The first-order valence-corrected chi connectivity index (χ1v) is 16.3. The van der Waals surface area contributed by atoms with Crippen LogP contribution in [0.5, 0.6) is 5.75 Å². The number of Topliss-reactive ketones (excluding diaryl/α,β-unsaturated/α-hetero) is 1. The van der Waals surface area contributed by atoms with Gasteiger partial charge in [-0.1, -0.05) is 0 Å². The summed E-state index contributed by atoms with van der Waals surface area (Å²) in [6, 6.07) is 17.0. The van der Waals surface area contributed by atoms with Crippen molar-refractivity contribution in [3.8, 4) is 5.75 Å². The first kappa shape index (κ1) is 25.6. The van der Waals surface area contributed by atoms with E-state index < -0.39 is 35.8 Å². The predicted octanol–water partition coefficient (Wildman–Crippen LogP) is 5.30. The molecule has 8 heteroatoms. The average Bonchev–Trinajstić information content (AvgIpc) is 3.15. The van der Waals surface area contributed by atoms with E-state index in [1.807, 2.05) is 75.4 Å². The van der Waals surface area contributed by atoms with Crippen molar-refractivity contribution in [3.05, 3.63) is 61.7 Å². The second-order valence-corrected chi connectivity index (χ2v) is 16.0. The van der Waals surface area contributed by atoms with Crippen molar-refractivity contribution < 1.29 is 25.2 Å². The molecule has 0 spiro atoms. The normalized spacial score (nSPS) is 23.8.